The third-order valence-electron chi connectivity index (χ3n) is 6.18. The molecule has 3 N–H and O–H groups in total. The summed E-state index contributed by atoms with van der Waals surface area (Å²) in [6.07, 6.45) is 3.77. The van der Waals surface area contributed by atoms with Crippen LogP contribution in [-0.2, 0) is 9.59 Å². The zero-order chi connectivity index (χ0) is 22.0. The minimum Gasteiger partial charge on any atom is -0.356 e. The minimum absolute atomic E-state index is 0.0643. The highest BCUT2D eigenvalue weighted by Crippen LogP contribution is 2.37. The van der Waals surface area contributed by atoms with Gasteiger partial charge in [0.05, 0.1) is 22.3 Å². The molecule has 3 unspecified atom stereocenters. The number of ketones is 1. The first-order valence-electron chi connectivity index (χ1n) is 10.7. The molecule has 0 radical (unpaired) electrons. The molecule has 2 aliphatic rings. The van der Waals surface area contributed by atoms with Crippen molar-refractivity contribution in [3.8, 4) is 6.07 Å². The van der Waals surface area contributed by atoms with E-state index in [0.29, 0.717) is 48.0 Å². The molecule has 162 valence electrons. The number of halogens is 1. The maximum absolute atomic E-state index is 13.0. The molecule has 1 aromatic carbocycles. The van der Waals surface area contributed by atoms with Gasteiger partial charge < -0.3 is 15.6 Å². The molecule has 7 nitrogen and oxygen atoms in total. The second kappa shape index (κ2) is 9.11. The third kappa shape index (κ3) is 5.08. The van der Waals surface area contributed by atoms with E-state index < -0.39 is 12.0 Å². The fourth-order valence-corrected chi connectivity index (χ4v) is 4.46. The Morgan fingerprint density at radius 1 is 1.26 bits per heavy atom. The predicted molar refractivity (Wildman–Crippen MR) is 116 cm³/mol. The molecule has 3 atom stereocenters. The van der Waals surface area contributed by atoms with Gasteiger partial charge in [0, 0.05) is 30.2 Å². The number of hydrogen-bond donors (Lipinski definition) is 3. The molecule has 2 aromatic rings. The number of carbonyl (C=O) groups excluding carboxylic acids is 3. The molecular weight excluding hydrogens is 416 g/mol. The summed E-state index contributed by atoms with van der Waals surface area (Å²) in [4.78, 5) is 40.8. The number of aromatic amines is 1. The topological polar surface area (TPSA) is 115 Å². The number of nitrogens with one attached hydrogen (secondary N) is 3. The summed E-state index contributed by atoms with van der Waals surface area (Å²) in [7, 11) is 0. The number of H-pyrrole nitrogens is 1. The Bertz CT molecular complexity index is 1050. The van der Waals surface area contributed by atoms with Gasteiger partial charge in [-0.05, 0) is 37.3 Å². The lowest BCUT2D eigenvalue weighted by Gasteiger charge is -2.19. The van der Waals surface area contributed by atoms with Gasteiger partial charge in [0.1, 0.15) is 6.04 Å². The number of carbonyl (C=O) groups is 3. The molecule has 2 amide bonds. The first kappa shape index (κ1) is 21.4. The number of Topliss-reactive ketones (excluding diaryl/α,β-unsaturated/α-hetero) is 1. The van der Waals surface area contributed by atoms with Crippen molar-refractivity contribution in [1.29, 1.82) is 5.26 Å². The van der Waals surface area contributed by atoms with Crippen LogP contribution in [0.3, 0.4) is 0 Å². The van der Waals surface area contributed by atoms with E-state index in [9.17, 15) is 19.6 Å². The predicted octanol–water partition coefficient (Wildman–Crippen LogP) is 3.34. The maximum atomic E-state index is 13.0. The smallest absolute Gasteiger partial charge is 0.224 e. The van der Waals surface area contributed by atoms with Crippen LogP contribution in [0.2, 0.25) is 5.02 Å². The number of nitriles is 1. The van der Waals surface area contributed by atoms with Crippen LogP contribution in [0.15, 0.2) is 24.3 Å². The lowest BCUT2D eigenvalue weighted by molar-refractivity contribution is -0.127. The summed E-state index contributed by atoms with van der Waals surface area (Å²) in [6.45, 7) is 0.600. The molecule has 4 rings (SSSR count). The number of para-hydroxylation sites is 1. The summed E-state index contributed by atoms with van der Waals surface area (Å²) >= 11 is 6.20. The van der Waals surface area contributed by atoms with Gasteiger partial charge in [-0.15, -0.1) is 0 Å². The summed E-state index contributed by atoms with van der Waals surface area (Å²) in [5.41, 5.74) is 1.13. The van der Waals surface area contributed by atoms with E-state index in [1.807, 2.05) is 12.1 Å². The summed E-state index contributed by atoms with van der Waals surface area (Å²) < 4.78 is 0. The van der Waals surface area contributed by atoms with Crippen molar-refractivity contribution in [2.24, 2.45) is 17.8 Å². The van der Waals surface area contributed by atoms with Crippen LogP contribution < -0.4 is 10.6 Å². The van der Waals surface area contributed by atoms with Gasteiger partial charge in [-0.3, -0.25) is 14.4 Å². The van der Waals surface area contributed by atoms with Crippen molar-refractivity contribution < 1.29 is 14.4 Å². The van der Waals surface area contributed by atoms with Crippen LogP contribution in [0.4, 0.5) is 0 Å². The van der Waals surface area contributed by atoms with Gasteiger partial charge in [-0.2, -0.15) is 5.26 Å². The summed E-state index contributed by atoms with van der Waals surface area (Å²) in [5.74, 6) is -0.839. The number of rotatable bonds is 9. The van der Waals surface area contributed by atoms with E-state index in [0.717, 1.165) is 18.2 Å². The molecule has 1 saturated carbocycles. The van der Waals surface area contributed by atoms with Crippen molar-refractivity contribution in [2.75, 3.05) is 6.54 Å². The lowest BCUT2D eigenvalue weighted by atomic mass is 9.93. The van der Waals surface area contributed by atoms with Crippen LogP contribution in [0.1, 0.15) is 49.0 Å². The fraction of sp³-hybridized carbons (Fsp3) is 0.478. The number of aromatic nitrogens is 1. The summed E-state index contributed by atoms with van der Waals surface area (Å²) in [5, 5.41) is 16.4. The number of amides is 2. The van der Waals surface area contributed by atoms with Crippen molar-refractivity contribution in [3.05, 3.63) is 35.0 Å². The first-order valence-corrected chi connectivity index (χ1v) is 11.1. The van der Waals surface area contributed by atoms with E-state index in [4.69, 9.17) is 11.6 Å². The average molecular weight is 441 g/mol. The third-order valence-corrected chi connectivity index (χ3v) is 6.49. The zero-order valence-electron chi connectivity index (χ0n) is 17.1. The van der Waals surface area contributed by atoms with Gasteiger partial charge in [0.2, 0.25) is 11.8 Å². The number of nitrogens with zero attached hydrogens (tertiary/aromatic N) is 1. The molecule has 0 spiro atoms. The van der Waals surface area contributed by atoms with Crippen LogP contribution in [-0.4, -0.2) is 35.2 Å². The highest BCUT2D eigenvalue weighted by atomic mass is 35.5. The highest BCUT2D eigenvalue weighted by Gasteiger charge is 2.33. The zero-order valence-corrected chi connectivity index (χ0v) is 17.9. The molecule has 8 heteroatoms. The Hall–Kier alpha value is -2.85. The SMILES string of the molecule is N#CC(CC1CCNC1=O)NC(=O)C(CC(=O)c1cc2cccc(Cl)c2[nH]1)CC1CC1. The lowest BCUT2D eigenvalue weighted by Crippen LogP contribution is -2.40. The molecule has 1 aromatic heterocycles. The minimum atomic E-state index is -0.745. The van der Waals surface area contributed by atoms with E-state index in [2.05, 4.69) is 21.7 Å². The largest absolute Gasteiger partial charge is 0.356 e. The second-order valence-corrected chi connectivity index (χ2v) is 9.00. The van der Waals surface area contributed by atoms with Crippen molar-refractivity contribution >= 4 is 40.1 Å². The van der Waals surface area contributed by atoms with E-state index in [1.165, 1.54) is 0 Å². The van der Waals surface area contributed by atoms with E-state index in [-0.39, 0.29) is 29.9 Å². The number of benzene rings is 1. The highest BCUT2D eigenvalue weighted by molar-refractivity contribution is 6.35. The van der Waals surface area contributed by atoms with Crippen LogP contribution in [0.25, 0.3) is 10.9 Å². The Labute approximate surface area is 185 Å². The van der Waals surface area contributed by atoms with Crippen molar-refractivity contribution in [1.82, 2.24) is 15.6 Å². The molecule has 2 heterocycles. The second-order valence-electron chi connectivity index (χ2n) is 8.59. The molecule has 1 aliphatic heterocycles. The standard InChI is InChI=1S/C23H25ClN4O3/c24-18-3-1-2-14-10-19(28-21(14)18)20(29)11-16(8-13-4-5-13)23(31)27-17(12-25)9-15-6-7-26-22(15)30/h1-3,10,13,15-17,28H,4-9,11H2,(H,26,30)(H,27,31). The molecule has 1 aliphatic carbocycles. The first-order chi connectivity index (χ1) is 14.9. The van der Waals surface area contributed by atoms with Gasteiger partial charge in [0.15, 0.2) is 5.78 Å². The van der Waals surface area contributed by atoms with Gasteiger partial charge >= 0.3 is 0 Å². The Morgan fingerprint density at radius 3 is 2.71 bits per heavy atom. The van der Waals surface area contributed by atoms with E-state index in [1.54, 1.807) is 12.1 Å². The summed E-state index contributed by atoms with van der Waals surface area (Å²) in [6, 6.07) is 8.56. The fourth-order valence-electron chi connectivity index (χ4n) is 4.23. The van der Waals surface area contributed by atoms with Crippen molar-refractivity contribution in [2.45, 2.75) is 44.6 Å². The molecule has 31 heavy (non-hydrogen) atoms. The maximum Gasteiger partial charge on any atom is 0.224 e. The molecule has 2 fully saturated rings. The van der Waals surface area contributed by atoms with Crippen LogP contribution in [0, 0.1) is 29.1 Å². The monoisotopic (exact) mass is 440 g/mol. The van der Waals surface area contributed by atoms with Gasteiger partial charge in [-0.25, -0.2) is 0 Å². The van der Waals surface area contributed by atoms with Crippen molar-refractivity contribution in [3.63, 3.8) is 0 Å². The average Bonchev–Trinajstić information content (AvgIpc) is 3.30. The van der Waals surface area contributed by atoms with E-state index >= 15 is 0 Å². The Kier molecular flexibility index (Phi) is 6.28. The van der Waals surface area contributed by atoms with Gasteiger partial charge in [0.25, 0.3) is 0 Å². The number of fused-ring (bicyclic) bond motifs is 1. The molecule has 0 bridgehead atoms. The van der Waals surface area contributed by atoms with Gasteiger partial charge in [-0.1, -0.05) is 36.6 Å². The van der Waals surface area contributed by atoms with Crippen LogP contribution in [0.5, 0.6) is 0 Å². The van der Waals surface area contributed by atoms with Crippen LogP contribution >= 0.6 is 11.6 Å². The number of hydrogen-bond acceptors (Lipinski definition) is 4. The molecule has 1 saturated heterocycles. The quantitative estimate of drug-likeness (QED) is 0.518. The Balaban J connectivity index is 1.43. The molecular formula is C23H25ClN4O3. The Morgan fingerprint density at radius 2 is 2.06 bits per heavy atom. The normalized spacial score (nSPS) is 20.1.